The van der Waals surface area contributed by atoms with E-state index in [4.69, 9.17) is 4.74 Å². The number of thiazole rings is 1. The monoisotopic (exact) mass is 296 g/mol. The summed E-state index contributed by atoms with van der Waals surface area (Å²) in [5.74, 6) is 0.711. The van der Waals surface area contributed by atoms with Gasteiger partial charge in [0.1, 0.15) is 0 Å². The van der Waals surface area contributed by atoms with Gasteiger partial charge in [-0.05, 0) is 13.0 Å². The summed E-state index contributed by atoms with van der Waals surface area (Å²) in [5.41, 5.74) is 0. The average molecular weight is 296 g/mol. The Labute approximate surface area is 122 Å². The zero-order chi connectivity index (χ0) is 14.4. The summed E-state index contributed by atoms with van der Waals surface area (Å²) >= 11 is 1.65. The van der Waals surface area contributed by atoms with Gasteiger partial charge in [0.05, 0.1) is 18.2 Å². The first kappa shape index (κ1) is 14.7. The smallest absolute Gasteiger partial charge is 0.230 e. The van der Waals surface area contributed by atoms with Crippen LogP contribution in [-0.2, 0) is 13.1 Å². The number of hydrogen-bond donors (Lipinski definition) is 1. The van der Waals surface area contributed by atoms with E-state index in [9.17, 15) is 0 Å². The van der Waals surface area contributed by atoms with Gasteiger partial charge in [-0.1, -0.05) is 16.6 Å². The van der Waals surface area contributed by atoms with Crippen LogP contribution in [-0.4, -0.2) is 47.7 Å². The molecule has 0 radical (unpaired) electrons. The SMILES string of the molecule is COc1nc(N(C)C)sc1CNCCCn1ccnn1. The van der Waals surface area contributed by atoms with Crippen LogP contribution in [0.15, 0.2) is 12.4 Å². The Morgan fingerprint density at radius 3 is 2.95 bits per heavy atom. The van der Waals surface area contributed by atoms with Crippen molar-refractivity contribution in [2.24, 2.45) is 0 Å². The number of hydrogen-bond acceptors (Lipinski definition) is 7. The van der Waals surface area contributed by atoms with Crippen LogP contribution in [0.1, 0.15) is 11.3 Å². The third-order valence-corrected chi connectivity index (χ3v) is 3.93. The zero-order valence-corrected chi connectivity index (χ0v) is 12.9. The molecule has 2 aromatic heterocycles. The molecular formula is C12H20N6OS. The van der Waals surface area contributed by atoms with Crippen LogP contribution < -0.4 is 15.0 Å². The Kier molecular flexibility index (Phi) is 5.31. The van der Waals surface area contributed by atoms with E-state index >= 15 is 0 Å². The molecule has 2 aromatic rings. The van der Waals surface area contributed by atoms with Crippen LogP contribution in [0.3, 0.4) is 0 Å². The molecule has 0 fully saturated rings. The summed E-state index contributed by atoms with van der Waals surface area (Å²) in [4.78, 5) is 7.54. The molecule has 7 nitrogen and oxygen atoms in total. The van der Waals surface area contributed by atoms with E-state index in [2.05, 4.69) is 20.6 Å². The molecule has 110 valence electrons. The van der Waals surface area contributed by atoms with Gasteiger partial charge in [-0.15, -0.1) is 5.10 Å². The molecule has 1 N–H and O–H groups in total. The highest BCUT2D eigenvalue weighted by molar-refractivity contribution is 7.15. The third kappa shape index (κ3) is 3.91. The highest BCUT2D eigenvalue weighted by Crippen LogP contribution is 2.30. The highest BCUT2D eigenvalue weighted by atomic mass is 32.1. The molecule has 0 unspecified atom stereocenters. The van der Waals surface area contributed by atoms with Crippen molar-refractivity contribution < 1.29 is 4.74 Å². The second kappa shape index (κ2) is 7.20. The Balaban J connectivity index is 1.75. The molecule has 0 saturated heterocycles. The molecule has 0 aliphatic heterocycles. The predicted molar refractivity (Wildman–Crippen MR) is 79.3 cm³/mol. The van der Waals surface area contributed by atoms with Crippen molar-refractivity contribution in [2.45, 2.75) is 19.5 Å². The van der Waals surface area contributed by atoms with Crippen molar-refractivity contribution in [3.05, 3.63) is 17.3 Å². The third-order valence-electron chi connectivity index (χ3n) is 2.72. The minimum atomic E-state index is 0.711. The van der Waals surface area contributed by atoms with Crippen molar-refractivity contribution in [2.75, 3.05) is 32.6 Å². The van der Waals surface area contributed by atoms with Crippen molar-refractivity contribution in [1.82, 2.24) is 25.3 Å². The first-order valence-corrected chi connectivity index (χ1v) is 7.28. The van der Waals surface area contributed by atoms with E-state index in [1.165, 1.54) is 0 Å². The Hall–Kier alpha value is -1.67. The lowest BCUT2D eigenvalue weighted by Crippen LogP contribution is -2.16. The lowest BCUT2D eigenvalue weighted by Gasteiger charge is -2.05. The number of nitrogens with one attached hydrogen (secondary N) is 1. The van der Waals surface area contributed by atoms with Crippen molar-refractivity contribution in [3.8, 4) is 5.88 Å². The average Bonchev–Trinajstić information content (AvgIpc) is 3.07. The highest BCUT2D eigenvalue weighted by Gasteiger charge is 2.12. The number of aryl methyl sites for hydroxylation is 1. The van der Waals surface area contributed by atoms with Crippen molar-refractivity contribution in [1.29, 1.82) is 0 Å². The molecule has 0 atom stereocenters. The quantitative estimate of drug-likeness (QED) is 0.733. The molecule has 0 aromatic carbocycles. The van der Waals surface area contributed by atoms with E-state index < -0.39 is 0 Å². The van der Waals surface area contributed by atoms with E-state index in [0.29, 0.717) is 5.88 Å². The molecule has 0 bridgehead atoms. The van der Waals surface area contributed by atoms with Crippen LogP contribution in [0.25, 0.3) is 0 Å². The van der Waals surface area contributed by atoms with Crippen LogP contribution >= 0.6 is 11.3 Å². The van der Waals surface area contributed by atoms with Gasteiger partial charge in [0, 0.05) is 33.4 Å². The Bertz CT molecular complexity index is 510. The van der Waals surface area contributed by atoms with Gasteiger partial charge in [-0.3, -0.25) is 4.68 Å². The summed E-state index contributed by atoms with van der Waals surface area (Å²) in [6, 6.07) is 0. The molecule has 0 aliphatic rings. The first-order chi connectivity index (χ1) is 9.70. The topological polar surface area (TPSA) is 68.1 Å². The van der Waals surface area contributed by atoms with Gasteiger partial charge in [0.2, 0.25) is 5.88 Å². The fourth-order valence-corrected chi connectivity index (χ4v) is 2.63. The van der Waals surface area contributed by atoms with Gasteiger partial charge < -0.3 is 15.0 Å². The molecule has 2 rings (SSSR count). The number of methoxy groups -OCH3 is 1. The minimum Gasteiger partial charge on any atom is -0.480 e. The van der Waals surface area contributed by atoms with Gasteiger partial charge in [-0.2, -0.15) is 4.98 Å². The van der Waals surface area contributed by atoms with Crippen LogP contribution in [0.2, 0.25) is 0 Å². The summed E-state index contributed by atoms with van der Waals surface area (Å²) in [5, 5.41) is 12.1. The molecule has 0 saturated carbocycles. The summed E-state index contributed by atoms with van der Waals surface area (Å²) in [6.45, 7) is 2.56. The van der Waals surface area contributed by atoms with Gasteiger partial charge in [0.15, 0.2) is 5.13 Å². The summed E-state index contributed by atoms with van der Waals surface area (Å²) in [6.07, 6.45) is 4.57. The fourth-order valence-electron chi connectivity index (χ4n) is 1.71. The fraction of sp³-hybridized carbons (Fsp3) is 0.583. The molecule has 2 heterocycles. The molecule has 20 heavy (non-hydrogen) atoms. The van der Waals surface area contributed by atoms with E-state index in [1.807, 2.05) is 29.9 Å². The number of ether oxygens (including phenoxy) is 1. The molecule has 8 heteroatoms. The van der Waals surface area contributed by atoms with Crippen molar-refractivity contribution >= 4 is 16.5 Å². The van der Waals surface area contributed by atoms with Gasteiger partial charge in [-0.25, -0.2) is 0 Å². The maximum Gasteiger partial charge on any atom is 0.230 e. The van der Waals surface area contributed by atoms with Crippen LogP contribution in [0, 0.1) is 0 Å². The first-order valence-electron chi connectivity index (χ1n) is 6.46. The maximum atomic E-state index is 5.30. The lowest BCUT2D eigenvalue weighted by molar-refractivity contribution is 0.394. The van der Waals surface area contributed by atoms with E-state index in [1.54, 1.807) is 24.6 Å². The largest absolute Gasteiger partial charge is 0.480 e. The summed E-state index contributed by atoms with van der Waals surface area (Å²) in [7, 11) is 5.61. The van der Waals surface area contributed by atoms with E-state index in [-0.39, 0.29) is 0 Å². The minimum absolute atomic E-state index is 0.711. The predicted octanol–water partition coefficient (Wildman–Crippen LogP) is 0.989. The molecular weight excluding hydrogens is 276 g/mol. The Morgan fingerprint density at radius 2 is 2.30 bits per heavy atom. The van der Waals surface area contributed by atoms with Gasteiger partial charge in [0.25, 0.3) is 0 Å². The standard InChI is InChI=1S/C12H20N6OS/c1-17(2)12-15-11(19-3)10(20-12)9-13-5-4-7-18-8-6-14-16-18/h6,8,13H,4-5,7,9H2,1-3H3. The number of anilines is 1. The number of rotatable bonds is 8. The second-order valence-electron chi connectivity index (χ2n) is 4.52. The normalized spacial score (nSPS) is 10.8. The van der Waals surface area contributed by atoms with Crippen molar-refractivity contribution in [3.63, 3.8) is 0 Å². The number of nitrogens with zero attached hydrogens (tertiary/aromatic N) is 5. The van der Waals surface area contributed by atoms with E-state index in [0.717, 1.165) is 36.1 Å². The molecule has 0 amide bonds. The van der Waals surface area contributed by atoms with Crippen LogP contribution in [0.4, 0.5) is 5.13 Å². The number of aromatic nitrogens is 4. The zero-order valence-electron chi connectivity index (χ0n) is 12.0. The molecule has 0 spiro atoms. The second-order valence-corrected chi connectivity index (χ2v) is 5.58. The Morgan fingerprint density at radius 1 is 1.45 bits per heavy atom. The molecule has 0 aliphatic carbocycles. The summed E-state index contributed by atoms with van der Waals surface area (Å²) < 4.78 is 7.13. The lowest BCUT2D eigenvalue weighted by atomic mass is 10.4. The maximum absolute atomic E-state index is 5.30. The van der Waals surface area contributed by atoms with Crippen LogP contribution in [0.5, 0.6) is 5.88 Å². The van der Waals surface area contributed by atoms with Gasteiger partial charge >= 0.3 is 0 Å².